The lowest BCUT2D eigenvalue weighted by atomic mass is 9.96. The summed E-state index contributed by atoms with van der Waals surface area (Å²) in [5.74, 6) is 1.64. The number of amidine groups is 1. The molecule has 0 spiro atoms. The predicted molar refractivity (Wildman–Crippen MR) is 186 cm³/mol. The Balaban J connectivity index is 1.18. The van der Waals surface area contributed by atoms with Gasteiger partial charge >= 0.3 is 12.4 Å². The second-order valence-corrected chi connectivity index (χ2v) is 13.3. The van der Waals surface area contributed by atoms with Crippen molar-refractivity contribution in [3.05, 3.63) is 89.7 Å². The van der Waals surface area contributed by atoms with Gasteiger partial charge in [0.25, 0.3) is 0 Å². The van der Waals surface area contributed by atoms with Crippen LogP contribution in [0.4, 0.5) is 23.7 Å². The van der Waals surface area contributed by atoms with E-state index in [-0.39, 0.29) is 23.7 Å². The van der Waals surface area contributed by atoms with Crippen LogP contribution in [-0.2, 0) is 6.42 Å². The molecule has 8 nitrogen and oxygen atoms in total. The number of aliphatic imine (C=N–C) groups is 1. The summed E-state index contributed by atoms with van der Waals surface area (Å²) in [7, 11) is 0. The third kappa shape index (κ3) is 8.77. The summed E-state index contributed by atoms with van der Waals surface area (Å²) in [5.41, 5.74) is 6.13. The summed E-state index contributed by atoms with van der Waals surface area (Å²) in [5, 5.41) is 8.21. The van der Waals surface area contributed by atoms with Crippen molar-refractivity contribution in [2.24, 2.45) is 4.99 Å². The number of thioether (sulfide) groups is 1. The molecule has 1 aromatic heterocycles. The van der Waals surface area contributed by atoms with Crippen LogP contribution in [0, 0.1) is 0 Å². The predicted octanol–water partition coefficient (Wildman–Crippen LogP) is 9.11. The van der Waals surface area contributed by atoms with Gasteiger partial charge in [-0.15, -0.1) is 18.3 Å². The summed E-state index contributed by atoms with van der Waals surface area (Å²) >= 11 is 1.63. The van der Waals surface area contributed by atoms with Crippen LogP contribution in [0.5, 0.6) is 5.75 Å². The lowest BCUT2D eigenvalue weighted by Crippen LogP contribution is -2.42. The summed E-state index contributed by atoms with van der Waals surface area (Å²) in [6, 6.07) is 19.9. The van der Waals surface area contributed by atoms with Crippen molar-refractivity contribution in [3.63, 3.8) is 0 Å². The quantitative estimate of drug-likeness (QED) is 0.180. The molecule has 1 N–H and O–H groups in total. The van der Waals surface area contributed by atoms with Crippen LogP contribution >= 0.6 is 11.8 Å². The molecule has 1 fully saturated rings. The van der Waals surface area contributed by atoms with Gasteiger partial charge < -0.3 is 15.0 Å². The molecule has 1 saturated heterocycles. The first-order valence-electron chi connectivity index (χ1n) is 16.2. The molecule has 2 heterocycles. The van der Waals surface area contributed by atoms with Crippen molar-refractivity contribution in [3.8, 4) is 22.8 Å². The highest BCUT2D eigenvalue weighted by Gasteiger charge is 2.31. The Morgan fingerprint density at radius 2 is 1.81 bits per heavy atom. The van der Waals surface area contributed by atoms with E-state index in [9.17, 15) is 18.0 Å². The van der Waals surface area contributed by atoms with Crippen molar-refractivity contribution < 1.29 is 22.7 Å². The fourth-order valence-corrected chi connectivity index (χ4v) is 6.82. The van der Waals surface area contributed by atoms with Gasteiger partial charge in [-0.3, -0.25) is 0 Å². The fraction of sp³-hybridized carbons (Fsp3) is 0.389. The number of aryl methyl sites for hydroxylation is 1. The number of carbonyl (C=O) groups excluding carboxylic acids is 1. The zero-order chi connectivity index (χ0) is 34.4. The molecule has 0 radical (unpaired) electrons. The largest absolute Gasteiger partial charge is 0.573 e. The number of carbonyl (C=O) groups is 1. The van der Waals surface area contributed by atoms with Crippen molar-refractivity contribution in [2.45, 2.75) is 78.1 Å². The average Bonchev–Trinajstić information content (AvgIpc) is 3.55. The van der Waals surface area contributed by atoms with Gasteiger partial charge in [0, 0.05) is 29.6 Å². The molecule has 1 aliphatic rings. The minimum Gasteiger partial charge on any atom is -0.406 e. The Morgan fingerprint density at radius 1 is 1.08 bits per heavy atom. The number of hydrogen-bond acceptors (Lipinski definition) is 5. The number of urea groups is 1. The maximum atomic E-state index is 13.0. The SMILES string of the molecule is CCc1ccc(C(C)C)c(N2/C(=N/C(=O)NCCC(C)c3ccc(-c4ncn(-c5ccc(OC(F)(F)F)cc5)n4)cc3)SCCC2C)c1. The number of benzene rings is 3. The van der Waals surface area contributed by atoms with Gasteiger partial charge in [0.05, 0.1) is 5.69 Å². The number of nitrogens with one attached hydrogen (secondary N) is 1. The molecule has 3 aromatic carbocycles. The molecule has 2 atom stereocenters. The maximum Gasteiger partial charge on any atom is 0.573 e. The summed E-state index contributed by atoms with van der Waals surface area (Å²) in [6.07, 6.45) is -0.537. The van der Waals surface area contributed by atoms with Gasteiger partial charge in [-0.25, -0.2) is 14.5 Å². The number of amides is 2. The van der Waals surface area contributed by atoms with E-state index < -0.39 is 6.36 Å². The molecule has 254 valence electrons. The van der Waals surface area contributed by atoms with Crippen LogP contribution in [0.15, 0.2) is 78.0 Å². The van der Waals surface area contributed by atoms with Gasteiger partial charge in [-0.1, -0.05) is 75.9 Å². The standard InChI is InChI=1S/C36H41F3N6O2S/c1-6-26-7-16-31(23(2)3)32(21-26)45-25(5)18-20-48-35(45)42-34(46)40-19-17-24(4)27-8-10-28(11-9-27)33-41-22-44(43-33)29-12-14-30(15-13-29)47-36(37,38)39/h7-16,21-25H,6,17-20H2,1-5H3,(H,40,46)/b42-35-. The summed E-state index contributed by atoms with van der Waals surface area (Å²) < 4.78 is 42.8. The van der Waals surface area contributed by atoms with E-state index in [2.05, 4.69) is 82.8 Å². The van der Waals surface area contributed by atoms with Crippen LogP contribution in [-0.4, -0.2) is 50.7 Å². The van der Waals surface area contributed by atoms with Gasteiger partial charge in [0.2, 0.25) is 0 Å². The highest BCUT2D eigenvalue weighted by Crippen LogP contribution is 2.36. The van der Waals surface area contributed by atoms with Gasteiger partial charge in [0.15, 0.2) is 11.0 Å². The Bertz CT molecular complexity index is 1720. The Hall–Kier alpha value is -4.32. The molecule has 5 rings (SSSR count). The lowest BCUT2D eigenvalue weighted by molar-refractivity contribution is -0.274. The second-order valence-electron chi connectivity index (χ2n) is 12.3. The van der Waals surface area contributed by atoms with Gasteiger partial charge in [-0.05, 0) is 85.0 Å². The lowest BCUT2D eigenvalue weighted by Gasteiger charge is -2.37. The first-order chi connectivity index (χ1) is 22.9. The Labute approximate surface area is 283 Å². The third-order valence-corrected chi connectivity index (χ3v) is 9.40. The second kappa shape index (κ2) is 15.3. The number of hydrogen-bond donors (Lipinski definition) is 1. The van der Waals surface area contributed by atoms with Crippen LogP contribution in [0.25, 0.3) is 17.1 Å². The summed E-state index contributed by atoms with van der Waals surface area (Å²) in [4.78, 5) is 24.2. The van der Waals surface area contributed by atoms with E-state index in [0.29, 0.717) is 24.0 Å². The Kier molecular flexibility index (Phi) is 11.1. The number of nitrogens with zero attached hydrogens (tertiary/aromatic N) is 5. The van der Waals surface area contributed by atoms with E-state index in [1.54, 1.807) is 11.8 Å². The monoisotopic (exact) mass is 678 g/mol. The van der Waals surface area contributed by atoms with Crippen LogP contribution in [0.3, 0.4) is 0 Å². The van der Waals surface area contributed by atoms with Crippen molar-refractivity contribution in [2.75, 3.05) is 17.2 Å². The van der Waals surface area contributed by atoms with E-state index in [1.165, 1.54) is 46.4 Å². The third-order valence-electron chi connectivity index (χ3n) is 8.41. The van der Waals surface area contributed by atoms with E-state index in [4.69, 9.17) is 0 Å². The van der Waals surface area contributed by atoms with Gasteiger partial charge in [-0.2, -0.15) is 4.99 Å². The molecule has 2 unspecified atom stereocenters. The highest BCUT2D eigenvalue weighted by molar-refractivity contribution is 8.14. The molecule has 12 heteroatoms. The molecule has 48 heavy (non-hydrogen) atoms. The zero-order valence-corrected chi connectivity index (χ0v) is 28.6. The molecular formula is C36H41F3N6O2S. The molecule has 2 amide bonds. The van der Waals surface area contributed by atoms with Crippen molar-refractivity contribution in [1.82, 2.24) is 20.1 Å². The first-order valence-corrected chi connectivity index (χ1v) is 17.2. The minimum absolute atomic E-state index is 0.181. The van der Waals surface area contributed by atoms with Crippen LogP contribution < -0.4 is 15.0 Å². The number of aromatic nitrogens is 3. The highest BCUT2D eigenvalue weighted by atomic mass is 32.2. The smallest absolute Gasteiger partial charge is 0.406 e. The number of alkyl halides is 3. The van der Waals surface area contributed by atoms with Crippen LogP contribution in [0.1, 0.15) is 76.0 Å². The number of rotatable bonds is 10. The molecule has 0 aliphatic carbocycles. The van der Waals surface area contributed by atoms with Gasteiger partial charge in [0.1, 0.15) is 12.1 Å². The number of anilines is 1. The van der Waals surface area contributed by atoms with E-state index in [1.807, 2.05) is 24.3 Å². The van der Waals surface area contributed by atoms with Crippen LogP contribution in [0.2, 0.25) is 0 Å². The molecule has 0 saturated carbocycles. The topological polar surface area (TPSA) is 84.6 Å². The molecule has 0 bridgehead atoms. The van der Waals surface area contributed by atoms with Crippen molar-refractivity contribution >= 4 is 28.6 Å². The van der Waals surface area contributed by atoms with E-state index >= 15 is 0 Å². The number of ether oxygens (including phenoxy) is 1. The number of halogens is 3. The maximum absolute atomic E-state index is 13.0. The fourth-order valence-electron chi connectivity index (χ4n) is 5.61. The van der Waals surface area contributed by atoms with Crippen molar-refractivity contribution in [1.29, 1.82) is 0 Å². The minimum atomic E-state index is -4.75. The summed E-state index contributed by atoms with van der Waals surface area (Å²) in [6.45, 7) is 11.3. The average molecular weight is 679 g/mol. The normalized spacial score (nSPS) is 16.7. The zero-order valence-electron chi connectivity index (χ0n) is 27.8. The first kappa shape index (κ1) is 35.0. The molecule has 4 aromatic rings. The van der Waals surface area contributed by atoms with E-state index in [0.717, 1.165) is 47.0 Å². The molecule has 1 aliphatic heterocycles. The molecular weight excluding hydrogens is 637 g/mol. The Morgan fingerprint density at radius 3 is 2.48 bits per heavy atom.